The number of aryl methyl sites for hydroxylation is 2. The van der Waals surface area contributed by atoms with Crippen molar-refractivity contribution in [3.8, 4) is 17.2 Å². The summed E-state index contributed by atoms with van der Waals surface area (Å²) in [6, 6.07) is 11.0. The first-order valence-electron chi connectivity index (χ1n) is 10.6. The van der Waals surface area contributed by atoms with Crippen LogP contribution in [-0.4, -0.2) is 53.5 Å². The van der Waals surface area contributed by atoms with E-state index in [0.29, 0.717) is 50.0 Å². The molecule has 3 rings (SSSR count). The Hall–Kier alpha value is -2.94. The first-order valence-corrected chi connectivity index (χ1v) is 12.4. The Kier molecular flexibility index (Phi) is 7.84. The highest BCUT2D eigenvalue weighted by Crippen LogP contribution is 2.34. The van der Waals surface area contributed by atoms with Crippen LogP contribution < -0.4 is 23.8 Å². The van der Waals surface area contributed by atoms with Crippen LogP contribution in [0.5, 0.6) is 17.2 Å². The normalized spacial score (nSPS) is 12.8. The topological polar surface area (TPSA) is 94.2 Å². The second-order valence-electron chi connectivity index (χ2n) is 7.73. The molecule has 9 heteroatoms. The third-order valence-electron chi connectivity index (χ3n) is 4.99. The fourth-order valence-corrected chi connectivity index (χ4v) is 4.42. The van der Waals surface area contributed by atoms with Crippen LogP contribution in [0.4, 0.5) is 5.69 Å². The predicted octanol–water partition coefficient (Wildman–Crippen LogP) is 2.82. The third kappa shape index (κ3) is 6.53. The van der Waals surface area contributed by atoms with Crippen LogP contribution in [-0.2, 0) is 14.8 Å². The van der Waals surface area contributed by atoms with Crippen LogP contribution in [0.1, 0.15) is 24.0 Å². The Labute approximate surface area is 189 Å². The SMILES string of the molecule is Cc1ccc(OCCNC(=O)CCCN(c2ccc3c(c2)OCCO3)S(C)(=O)=O)c(C)c1. The first kappa shape index (κ1) is 23.7. The number of rotatable bonds is 10. The summed E-state index contributed by atoms with van der Waals surface area (Å²) in [7, 11) is -3.52. The highest BCUT2D eigenvalue weighted by Gasteiger charge is 2.21. The van der Waals surface area contributed by atoms with Gasteiger partial charge in [-0.25, -0.2) is 8.42 Å². The van der Waals surface area contributed by atoms with Gasteiger partial charge in [0, 0.05) is 19.0 Å². The van der Waals surface area contributed by atoms with Crippen LogP contribution in [0, 0.1) is 13.8 Å². The molecule has 8 nitrogen and oxygen atoms in total. The van der Waals surface area contributed by atoms with Crippen LogP contribution in [0.15, 0.2) is 36.4 Å². The highest BCUT2D eigenvalue weighted by molar-refractivity contribution is 7.92. The van der Waals surface area contributed by atoms with E-state index in [-0.39, 0.29) is 18.9 Å². The van der Waals surface area contributed by atoms with Crippen molar-refractivity contribution >= 4 is 21.6 Å². The minimum atomic E-state index is -3.52. The number of anilines is 1. The molecule has 0 saturated carbocycles. The standard InChI is InChI=1S/C23H30N2O6S/c1-17-6-8-20(18(2)15-17)29-12-10-24-23(26)5-4-11-25(32(3,27)28)19-7-9-21-22(16-19)31-14-13-30-21/h6-9,15-16H,4-5,10-14H2,1-3H3,(H,24,26). The number of nitrogens with zero attached hydrogens (tertiary/aromatic N) is 1. The molecule has 0 atom stereocenters. The van der Waals surface area contributed by atoms with Crippen molar-refractivity contribution in [3.05, 3.63) is 47.5 Å². The summed E-state index contributed by atoms with van der Waals surface area (Å²) in [4.78, 5) is 12.2. The van der Waals surface area contributed by atoms with Crippen molar-refractivity contribution in [2.75, 3.05) is 43.5 Å². The van der Waals surface area contributed by atoms with Gasteiger partial charge in [-0.1, -0.05) is 17.7 Å². The van der Waals surface area contributed by atoms with E-state index in [4.69, 9.17) is 14.2 Å². The molecule has 1 N–H and O–H groups in total. The molecule has 0 unspecified atom stereocenters. The van der Waals surface area contributed by atoms with Crippen molar-refractivity contribution in [2.24, 2.45) is 0 Å². The molecule has 2 aromatic carbocycles. The van der Waals surface area contributed by atoms with Gasteiger partial charge in [0.15, 0.2) is 11.5 Å². The third-order valence-corrected chi connectivity index (χ3v) is 6.19. The lowest BCUT2D eigenvalue weighted by atomic mass is 10.1. The molecule has 0 aromatic heterocycles. The van der Waals surface area contributed by atoms with Gasteiger partial charge in [0.2, 0.25) is 15.9 Å². The molecule has 32 heavy (non-hydrogen) atoms. The number of hydrogen-bond acceptors (Lipinski definition) is 6. The largest absolute Gasteiger partial charge is 0.491 e. The molecule has 1 amide bonds. The Morgan fingerprint density at radius 1 is 1.09 bits per heavy atom. The van der Waals surface area contributed by atoms with Gasteiger partial charge < -0.3 is 19.5 Å². The molecule has 0 aliphatic carbocycles. The smallest absolute Gasteiger partial charge is 0.232 e. The van der Waals surface area contributed by atoms with Crippen LogP contribution in [0.2, 0.25) is 0 Å². The Balaban J connectivity index is 1.46. The minimum Gasteiger partial charge on any atom is -0.491 e. The predicted molar refractivity (Wildman–Crippen MR) is 123 cm³/mol. The minimum absolute atomic E-state index is 0.148. The first-order chi connectivity index (χ1) is 15.2. The van der Waals surface area contributed by atoms with Gasteiger partial charge in [-0.15, -0.1) is 0 Å². The Morgan fingerprint density at radius 3 is 2.56 bits per heavy atom. The lowest BCUT2D eigenvalue weighted by Gasteiger charge is -2.25. The highest BCUT2D eigenvalue weighted by atomic mass is 32.2. The average molecular weight is 463 g/mol. The maximum Gasteiger partial charge on any atom is 0.232 e. The van der Waals surface area contributed by atoms with E-state index in [1.807, 2.05) is 32.0 Å². The zero-order valence-electron chi connectivity index (χ0n) is 18.7. The van der Waals surface area contributed by atoms with E-state index in [2.05, 4.69) is 5.32 Å². The summed E-state index contributed by atoms with van der Waals surface area (Å²) in [6.45, 7) is 5.82. The second-order valence-corrected chi connectivity index (χ2v) is 9.64. The molecule has 2 aromatic rings. The lowest BCUT2D eigenvalue weighted by Crippen LogP contribution is -2.33. The van der Waals surface area contributed by atoms with Crippen LogP contribution in [0.25, 0.3) is 0 Å². The van der Waals surface area contributed by atoms with E-state index in [1.165, 1.54) is 9.87 Å². The molecule has 0 fully saturated rings. The molecular weight excluding hydrogens is 432 g/mol. The fraction of sp³-hybridized carbons (Fsp3) is 0.435. The lowest BCUT2D eigenvalue weighted by molar-refractivity contribution is -0.121. The summed E-state index contributed by atoms with van der Waals surface area (Å²) in [5.74, 6) is 1.76. The molecule has 1 heterocycles. The number of ether oxygens (including phenoxy) is 3. The van der Waals surface area contributed by atoms with Crippen LogP contribution in [0.3, 0.4) is 0 Å². The van der Waals surface area contributed by atoms with E-state index in [9.17, 15) is 13.2 Å². The quantitative estimate of drug-likeness (QED) is 0.546. The fourth-order valence-electron chi connectivity index (χ4n) is 3.46. The van der Waals surface area contributed by atoms with Crippen molar-refractivity contribution in [1.82, 2.24) is 5.32 Å². The molecule has 1 aliphatic heterocycles. The van der Waals surface area contributed by atoms with Crippen molar-refractivity contribution in [1.29, 1.82) is 0 Å². The molecular formula is C23H30N2O6S. The Bertz CT molecular complexity index is 1050. The molecule has 0 radical (unpaired) electrons. The van der Waals surface area contributed by atoms with Crippen LogP contribution >= 0.6 is 0 Å². The molecule has 174 valence electrons. The van der Waals surface area contributed by atoms with Gasteiger partial charge in [0.05, 0.1) is 18.5 Å². The summed E-state index contributed by atoms with van der Waals surface area (Å²) in [5.41, 5.74) is 2.71. The van der Waals surface area contributed by atoms with Crippen molar-refractivity contribution in [2.45, 2.75) is 26.7 Å². The molecule has 0 bridgehead atoms. The second kappa shape index (κ2) is 10.6. The van der Waals surface area contributed by atoms with Gasteiger partial charge in [0.1, 0.15) is 25.6 Å². The number of amides is 1. The summed E-state index contributed by atoms with van der Waals surface area (Å²) in [5, 5.41) is 2.81. The van der Waals surface area contributed by atoms with E-state index in [1.54, 1.807) is 18.2 Å². The van der Waals surface area contributed by atoms with Crippen molar-refractivity contribution in [3.63, 3.8) is 0 Å². The molecule has 0 spiro atoms. The summed E-state index contributed by atoms with van der Waals surface area (Å²) < 4.78 is 42.6. The number of sulfonamides is 1. The zero-order chi connectivity index (χ0) is 23.1. The van der Waals surface area contributed by atoms with E-state index < -0.39 is 10.0 Å². The van der Waals surface area contributed by atoms with Gasteiger partial charge in [-0.3, -0.25) is 9.10 Å². The number of hydrogen-bond donors (Lipinski definition) is 1. The van der Waals surface area contributed by atoms with Gasteiger partial charge in [-0.05, 0) is 44.0 Å². The van der Waals surface area contributed by atoms with E-state index >= 15 is 0 Å². The average Bonchev–Trinajstić information content (AvgIpc) is 2.74. The maximum absolute atomic E-state index is 12.3. The molecule has 1 aliphatic rings. The van der Waals surface area contributed by atoms with E-state index in [0.717, 1.165) is 17.6 Å². The zero-order valence-corrected chi connectivity index (χ0v) is 19.5. The monoisotopic (exact) mass is 462 g/mol. The maximum atomic E-state index is 12.3. The number of nitrogens with one attached hydrogen (secondary N) is 1. The van der Waals surface area contributed by atoms with Gasteiger partial charge >= 0.3 is 0 Å². The number of fused-ring (bicyclic) bond motifs is 1. The number of carbonyl (C=O) groups excluding carboxylic acids is 1. The summed E-state index contributed by atoms with van der Waals surface area (Å²) >= 11 is 0. The van der Waals surface area contributed by atoms with Gasteiger partial charge in [0.25, 0.3) is 0 Å². The summed E-state index contributed by atoms with van der Waals surface area (Å²) in [6.07, 6.45) is 1.74. The van der Waals surface area contributed by atoms with Gasteiger partial charge in [-0.2, -0.15) is 0 Å². The Morgan fingerprint density at radius 2 is 1.84 bits per heavy atom. The number of carbonyl (C=O) groups is 1. The number of benzene rings is 2. The molecule has 0 saturated heterocycles. The van der Waals surface area contributed by atoms with Crippen molar-refractivity contribution < 1.29 is 27.4 Å².